The van der Waals surface area contributed by atoms with E-state index in [2.05, 4.69) is 9.97 Å². The Kier molecular flexibility index (Phi) is 3.42. The molecule has 3 rings (SSSR count). The summed E-state index contributed by atoms with van der Waals surface area (Å²) in [6.07, 6.45) is 0.592. The van der Waals surface area contributed by atoms with Crippen molar-refractivity contribution < 1.29 is 0 Å². The molecule has 1 aromatic carbocycles. The van der Waals surface area contributed by atoms with Crippen LogP contribution in [0.4, 0.5) is 0 Å². The largest absolute Gasteiger partial charge is 0.335 e. The lowest BCUT2D eigenvalue weighted by Gasteiger charge is -2.08. The van der Waals surface area contributed by atoms with Crippen molar-refractivity contribution in [3.63, 3.8) is 0 Å². The van der Waals surface area contributed by atoms with Crippen molar-refractivity contribution in [2.24, 2.45) is 19.8 Å². The molecule has 0 aliphatic heterocycles. The monoisotopic (exact) mass is 299 g/mol. The van der Waals surface area contributed by atoms with Crippen molar-refractivity contribution in [1.29, 1.82) is 0 Å². The first-order chi connectivity index (χ1) is 10.5. The van der Waals surface area contributed by atoms with Gasteiger partial charge in [-0.2, -0.15) is 0 Å². The third-order valence-electron chi connectivity index (χ3n) is 3.76. The van der Waals surface area contributed by atoms with Crippen molar-refractivity contribution in [3.05, 3.63) is 62.6 Å². The van der Waals surface area contributed by atoms with E-state index in [-0.39, 0.29) is 6.04 Å². The number of H-pyrrole nitrogens is 1. The van der Waals surface area contributed by atoms with Gasteiger partial charge in [-0.3, -0.25) is 13.9 Å². The van der Waals surface area contributed by atoms with E-state index in [0.717, 1.165) is 10.1 Å². The Balaban J connectivity index is 2.06. The van der Waals surface area contributed by atoms with Crippen LogP contribution in [-0.2, 0) is 20.5 Å². The quantitative estimate of drug-likeness (QED) is 0.722. The fraction of sp³-hybridized carbons (Fsp3) is 0.267. The molecule has 0 aliphatic carbocycles. The van der Waals surface area contributed by atoms with Crippen molar-refractivity contribution in [3.8, 4) is 0 Å². The third kappa shape index (κ3) is 2.25. The molecule has 0 bridgehead atoms. The molecular formula is C15H17N5O2. The molecule has 0 radical (unpaired) electrons. The minimum atomic E-state index is -0.410. The summed E-state index contributed by atoms with van der Waals surface area (Å²) in [5, 5.41) is 0. The maximum absolute atomic E-state index is 12.1. The first kappa shape index (κ1) is 14.3. The molecule has 0 saturated carbocycles. The number of aromatic amines is 1. The number of imidazole rings is 1. The number of nitrogens with zero attached hydrogens (tertiary/aromatic N) is 3. The molecule has 7 heteroatoms. The zero-order valence-electron chi connectivity index (χ0n) is 12.4. The molecule has 2 aromatic heterocycles. The summed E-state index contributed by atoms with van der Waals surface area (Å²) in [4.78, 5) is 31.4. The van der Waals surface area contributed by atoms with Crippen LogP contribution >= 0.6 is 0 Å². The average Bonchev–Trinajstić information content (AvgIpc) is 2.97. The predicted octanol–water partition coefficient (Wildman–Crippen LogP) is 0.203. The smallest absolute Gasteiger partial charge is 0.332 e. The van der Waals surface area contributed by atoms with E-state index in [1.54, 1.807) is 7.05 Å². The summed E-state index contributed by atoms with van der Waals surface area (Å²) < 4.78 is 2.39. The average molecular weight is 299 g/mol. The molecule has 22 heavy (non-hydrogen) atoms. The van der Waals surface area contributed by atoms with Gasteiger partial charge in [0.2, 0.25) is 0 Å². The van der Waals surface area contributed by atoms with E-state index in [9.17, 15) is 9.59 Å². The Morgan fingerprint density at radius 3 is 2.55 bits per heavy atom. The second-order valence-corrected chi connectivity index (χ2v) is 5.32. The van der Waals surface area contributed by atoms with Gasteiger partial charge in [0.1, 0.15) is 11.3 Å². The van der Waals surface area contributed by atoms with E-state index in [4.69, 9.17) is 5.73 Å². The molecule has 1 atom stereocenters. The van der Waals surface area contributed by atoms with E-state index in [1.807, 2.05) is 30.3 Å². The number of aromatic nitrogens is 4. The molecule has 0 aliphatic rings. The number of nitrogens with one attached hydrogen (secondary N) is 1. The normalized spacial score (nSPS) is 12.7. The minimum Gasteiger partial charge on any atom is -0.335 e. The van der Waals surface area contributed by atoms with Gasteiger partial charge in [0.25, 0.3) is 5.56 Å². The van der Waals surface area contributed by atoms with E-state index < -0.39 is 11.2 Å². The highest BCUT2D eigenvalue weighted by Crippen LogP contribution is 2.15. The van der Waals surface area contributed by atoms with Crippen molar-refractivity contribution in [2.45, 2.75) is 12.5 Å². The van der Waals surface area contributed by atoms with Crippen LogP contribution in [0.2, 0.25) is 0 Å². The molecule has 0 saturated heterocycles. The maximum atomic E-state index is 12.1. The Hall–Kier alpha value is -2.67. The number of hydrogen-bond acceptors (Lipinski definition) is 4. The highest BCUT2D eigenvalue weighted by molar-refractivity contribution is 5.69. The Bertz CT molecular complexity index is 936. The van der Waals surface area contributed by atoms with Crippen LogP contribution in [0.1, 0.15) is 17.4 Å². The summed E-state index contributed by atoms with van der Waals surface area (Å²) in [6, 6.07) is 9.42. The second-order valence-electron chi connectivity index (χ2n) is 5.32. The van der Waals surface area contributed by atoms with E-state index >= 15 is 0 Å². The van der Waals surface area contributed by atoms with E-state index in [1.165, 1.54) is 11.6 Å². The Morgan fingerprint density at radius 2 is 1.86 bits per heavy atom. The van der Waals surface area contributed by atoms with Crippen LogP contribution in [0.3, 0.4) is 0 Å². The Morgan fingerprint density at radius 1 is 1.18 bits per heavy atom. The molecule has 2 heterocycles. The summed E-state index contributed by atoms with van der Waals surface area (Å²) in [5.41, 5.74) is 7.07. The molecule has 0 unspecified atom stereocenters. The SMILES string of the molecule is Cn1c(=O)c2[nH]c([C@@H](N)Cc3ccccc3)nc2n(C)c1=O. The maximum Gasteiger partial charge on any atom is 0.332 e. The number of fused-ring (bicyclic) bond motifs is 1. The number of aryl methyl sites for hydroxylation is 1. The molecule has 3 N–H and O–H groups in total. The fourth-order valence-electron chi connectivity index (χ4n) is 2.48. The van der Waals surface area contributed by atoms with Crippen LogP contribution in [-0.4, -0.2) is 19.1 Å². The van der Waals surface area contributed by atoms with Gasteiger partial charge in [0, 0.05) is 14.1 Å². The molecule has 0 amide bonds. The Labute approximate surface area is 126 Å². The predicted molar refractivity (Wildman–Crippen MR) is 83.7 cm³/mol. The second kappa shape index (κ2) is 5.27. The van der Waals surface area contributed by atoms with Crippen LogP contribution in [0, 0.1) is 0 Å². The van der Waals surface area contributed by atoms with Crippen molar-refractivity contribution >= 4 is 11.2 Å². The summed E-state index contributed by atoms with van der Waals surface area (Å²) in [6.45, 7) is 0. The lowest BCUT2D eigenvalue weighted by atomic mass is 10.1. The van der Waals surface area contributed by atoms with Crippen molar-refractivity contribution in [1.82, 2.24) is 19.1 Å². The van der Waals surface area contributed by atoms with Crippen LogP contribution < -0.4 is 17.0 Å². The van der Waals surface area contributed by atoms with Gasteiger partial charge in [-0.05, 0) is 12.0 Å². The molecular weight excluding hydrogens is 282 g/mol. The summed E-state index contributed by atoms with van der Waals surface area (Å²) in [7, 11) is 3.02. The van der Waals surface area contributed by atoms with Gasteiger partial charge in [-0.1, -0.05) is 30.3 Å². The van der Waals surface area contributed by atoms with E-state index in [0.29, 0.717) is 23.4 Å². The van der Waals surface area contributed by atoms with Crippen LogP contribution in [0.15, 0.2) is 39.9 Å². The molecule has 114 valence electrons. The van der Waals surface area contributed by atoms with Crippen LogP contribution in [0.25, 0.3) is 11.2 Å². The van der Waals surface area contributed by atoms with Gasteiger partial charge in [-0.25, -0.2) is 9.78 Å². The highest BCUT2D eigenvalue weighted by Gasteiger charge is 2.17. The zero-order chi connectivity index (χ0) is 15.9. The van der Waals surface area contributed by atoms with Gasteiger partial charge in [0.05, 0.1) is 6.04 Å². The first-order valence-electron chi connectivity index (χ1n) is 6.94. The van der Waals surface area contributed by atoms with Gasteiger partial charge < -0.3 is 10.7 Å². The fourth-order valence-corrected chi connectivity index (χ4v) is 2.48. The third-order valence-corrected chi connectivity index (χ3v) is 3.76. The highest BCUT2D eigenvalue weighted by atomic mass is 16.2. The number of rotatable bonds is 3. The summed E-state index contributed by atoms with van der Waals surface area (Å²) in [5.74, 6) is 0.497. The molecule has 0 spiro atoms. The minimum absolute atomic E-state index is 0.295. The lowest BCUT2D eigenvalue weighted by Crippen LogP contribution is -2.36. The number of hydrogen-bond donors (Lipinski definition) is 2. The topological polar surface area (TPSA) is 98.7 Å². The van der Waals surface area contributed by atoms with Gasteiger partial charge >= 0.3 is 5.69 Å². The van der Waals surface area contributed by atoms with Gasteiger partial charge in [0.15, 0.2) is 5.65 Å². The summed E-state index contributed by atoms with van der Waals surface area (Å²) >= 11 is 0. The molecule has 0 fully saturated rings. The van der Waals surface area contributed by atoms with Crippen LogP contribution in [0.5, 0.6) is 0 Å². The first-order valence-corrected chi connectivity index (χ1v) is 6.94. The molecule has 3 aromatic rings. The number of nitrogens with two attached hydrogens (primary N) is 1. The lowest BCUT2D eigenvalue weighted by molar-refractivity contribution is 0.678. The van der Waals surface area contributed by atoms with Crippen molar-refractivity contribution in [2.75, 3.05) is 0 Å². The van der Waals surface area contributed by atoms with Gasteiger partial charge in [-0.15, -0.1) is 0 Å². The molecule has 7 nitrogen and oxygen atoms in total. The number of benzene rings is 1. The zero-order valence-corrected chi connectivity index (χ0v) is 12.4. The standard InChI is InChI=1S/C15H17N5O2/c1-19-13-11(14(21)20(2)15(19)22)17-12(18-13)10(16)8-9-6-4-3-5-7-9/h3-7,10H,8,16H2,1-2H3,(H,17,18)/t10-/m0/s1.